The molecule has 8 nitrogen and oxygen atoms in total. The Morgan fingerprint density at radius 3 is 2.47 bits per heavy atom. The molecule has 0 spiro atoms. The lowest BCUT2D eigenvalue weighted by atomic mass is 10.1. The van der Waals surface area contributed by atoms with Gasteiger partial charge in [-0.15, -0.1) is 0 Å². The number of benzene rings is 2. The average Bonchev–Trinajstić information content (AvgIpc) is 3.52. The number of rotatable bonds is 6. The van der Waals surface area contributed by atoms with Gasteiger partial charge in [0, 0.05) is 24.5 Å². The summed E-state index contributed by atoms with van der Waals surface area (Å²) < 4.78 is 94.3. The second-order valence-corrected chi connectivity index (χ2v) is 13.2. The maximum absolute atomic E-state index is 13.6. The molecule has 0 bridgehead atoms. The van der Waals surface area contributed by atoms with Crippen molar-refractivity contribution in [1.29, 1.82) is 0 Å². The number of sulfonamides is 1. The fraction of sp³-hybridized carbons (Fsp3) is 0.435. The van der Waals surface area contributed by atoms with Gasteiger partial charge in [0.05, 0.1) is 34.0 Å². The normalized spacial score (nSPS) is 20.4. The third kappa shape index (κ3) is 4.96. The quantitative estimate of drug-likeness (QED) is 0.514. The first-order chi connectivity index (χ1) is 16.9. The highest BCUT2D eigenvalue weighted by atomic mass is 32.2. The van der Waals surface area contributed by atoms with Crippen molar-refractivity contribution in [2.45, 2.75) is 42.9 Å². The molecule has 1 N–H and O–H groups in total. The number of nitrogens with zero attached hydrogens (tertiary/aromatic N) is 3. The zero-order chi connectivity index (χ0) is 25.7. The summed E-state index contributed by atoms with van der Waals surface area (Å²) in [5.74, 6) is 0.210. The third-order valence-electron chi connectivity index (χ3n) is 6.62. The summed E-state index contributed by atoms with van der Waals surface area (Å²) in [4.78, 5) is 1.96. The van der Waals surface area contributed by atoms with E-state index in [-0.39, 0.29) is 34.9 Å². The van der Waals surface area contributed by atoms with Gasteiger partial charge in [-0.05, 0) is 49.1 Å². The molecule has 1 unspecified atom stereocenters. The van der Waals surface area contributed by atoms with Gasteiger partial charge in [0.2, 0.25) is 10.0 Å². The highest BCUT2D eigenvalue weighted by molar-refractivity contribution is 7.92. The molecule has 0 aliphatic carbocycles. The number of alkyl halides is 3. The minimum absolute atomic E-state index is 0.0463. The SMILES string of the molecule is O=S1(=O)CCC(NS(=O)(=O)c2ccc3c(c2)c(N2CCCC2)nn3Cc2ccccc2C(F)(F)F)C1. The molecule has 13 heteroatoms. The molecule has 2 aliphatic heterocycles. The highest BCUT2D eigenvalue weighted by Gasteiger charge is 2.34. The van der Waals surface area contributed by atoms with Crippen molar-refractivity contribution in [3.05, 3.63) is 53.6 Å². The molecule has 3 heterocycles. The Morgan fingerprint density at radius 2 is 1.81 bits per heavy atom. The predicted molar refractivity (Wildman–Crippen MR) is 129 cm³/mol. The van der Waals surface area contributed by atoms with Crippen molar-refractivity contribution in [1.82, 2.24) is 14.5 Å². The molecule has 0 amide bonds. The maximum Gasteiger partial charge on any atom is 0.416 e. The minimum atomic E-state index is -4.52. The second-order valence-electron chi connectivity index (χ2n) is 9.23. The fourth-order valence-corrected chi connectivity index (χ4v) is 7.94. The summed E-state index contributed by atoms with van der Waals surface area (Å²) in [6, 6.07) is 8.99. The lowest BCUT2D eigenvalue weighted by Crippen LogP contribution is -2.35. The first-order valence-corrected chi connectivity index (χ1v) is 14.9. The summed E-state index contributed by atoms with van der Waals surface area (Å²) >= 11 is 0. The summed E-state index contributed by atoms with van der Waals surface area (Å²) in [6.45, 7) is 1.28. The Balaban J connectivity index is 1.54. The van der Waals surface area contributed by atoms with Crippen LogP contribution in [0.3, 0.4) is 0 Å². The molecule has 1 aromatic heterocycles. The molecular weight excluding hydrogens is 517 g/mol. The van der Waals surface area contributed by atoms with Crippen LogP contribution in [0, 0.1) is 0 Å². The van der Waals surface area contributed by atoms with Crippen molar-refractivity contribution < 1.29 is 30.0 Å². The van der Waals surface area contributed by atoms with Crippen LogP contribution < -0.4 is 9.62 Å². The highest BCUT2D eigenvalue weighted by Crippen LogP contribution is 2.35. The molecule has 2 aromatic carbocycles. The van der Waals surface area contributed by atoms with Gasteiger partial charge in [-0.3, -0.25) is 4.68 Å². The van der Waals surface area contributed by atoms with Gasteiger partial charge >= 0.3 is 6.18 Å². The first kappa shape index (κ1) is 25.0. The van der Waals surface area contributed by atoms with Crippen LogP contribution in [-0.2, 0) is 32.6 Å². The number of sulfone groups is 1. The number of aromatic nitrogens is 2. The molecule has 2 saturated heterocycles. The van der Waals surface area contributed by atoms with Gasteiger partial charge in [-0.1, -0.05) is 18.2 Å². The van der Waals surface area contributed by atoms with E-state index in [1.54, 1.807) is 0 Å². The van der Waals surface area contributed by atoms with Crippen molar-refractivity contribution in [3.8, 4) is 0 Å². The molecule has 2 fully saturated rings. The Labute approximate surface area is 207 Å². The molecule has 0 saturated carbocycles. The van der Waals surface area contributed by atoms with Crippen molar-refractivity contribution in [2.24, 2.45) is 0 Å². The molecule has 194 valence electrons. The van der Waals surface area contributed by atoms with Gasteiger partial charge < -0.3 is 4.90 Å². The number of fused-ring (bicyclic) bond motifs is 1. The lowest BCUT2D eigenvalue weighted by molar-refractivity contribution is -0.138. The predicted octanol–water partition coefficient (Wildman–Crippen LogP) is 3.17. The molecule has 1 atom stereocenters. The van der Waals surface area contributed by atoms with Crippen molar-refractivity contribution in [3.63, 3.8) is 0 Å². The zero-order valence-corrected chi connectivity index (χ0v) is 20.8. The molecule has 36 heavy (non-hydrogen) atoms. The van der Waals surface area contributed by atoms with E-state index in [4.69, 9.17) is 0 Å². The number of hydrogen-bond acceptors (Lipinski definition) is 6. The van der Waals surface area contributed by atoms with Crippen LogP contribution >= 0.6 is 0 Å². The lowest BCUT2D eigenvalue weighted by Gasteiger charge is -2.15. The standard InChI is InChI=1S/C23H25F3N4O4S2/c24-23(25,26)20-6-2-1-5-16(20)14-30-21-8-7-18(13-19(21)22(27-30)29-10-3-4-11-29)36(33,34)28-17-9-12-35(31,32)15-17/h1-2,5-8,13,17,28H,3-4,9-12,14-15H2. The minimum Gasteiger partial charge on any atom is -0.355 e. The Kier molecular flexibility index (Phi) is 6.28. The second kappa shape index (κ2) is 9.03. The van der Waals surface area contributed by atoms with Gasteiger partial charge in [-0.2, -0.15) is 18.3 Å². The first-order valence-electron chi connectivity index (χ1n) is 11.6. The Hall–Kier alpha value is -2.64. The van der Waals surface area contributed by atoms with Crippen molar-refractivity contribution in [2.75, 3.05) is 29.5 Å². The van der Waals surface area contributed by atoms with Crippen LogP contribution in [-0.4, -0.2) is 57.3 Å². The Bertz CT molecular complexity index is 1510. The third-order valence-corrected chi connectivity index (χ3v) is 9.90. The van der Waals surface area contributed by atoms with E-state index >= 15 is 0 Å². The molecule has 0 radical (unpaired) electrons. The van der Waals surface area contributed by atoms with Crippen LogP contribution in [0.15, 0.2) is 47.4 Å². The molecule has 5 rings (SSSR count). The molecule has 3 aromatic rings. The number of halogens is 3. The van der Waals surface area contributed by atoms with Gasteiger partial charge in [0.25, 0.3) is 0 Å². The molecular formula is C23H25F3N4O4S2. The number of hydrogen-bond donors (Lipinski definition) is 1. The van der Waals surface area contributed by atoms with E-state index in [0.717, 1.165) is 18.9 Å². The van der Waals surface area contributed by atoms with Crippen LogP contribution in [0.2, 0.25) is 0 Å². The van der Waals surface area contributed by atoms with Gasteiger partial charge in [0.15, 0.2) is 15.7 Å². The number of anilines is 1. The fourth-order valence-electron chi connectivity index (χ4n) is 4.86. The van der Waals surface area contributed by atoms with E-state index in [1.807, 2.05) is 4.90 Å². The van der Waals surface area contributed by atoms with Crippen LogP contribution in [0.25, 0.3) is 10.9 Å². The Morgan fingerprint density at radius 1 is 1.08 bits per heavy atom. The largest absolute Gasteiger partial charge is 0.416 e. The maximum atomic E-state index is 13.6. The van der Waals surface area contributed by atoms with Crippen LogP contribution in [0.4, 0.5) is 19.0 Å². The smallest absolute Gasteiger partial charge is 0.355 e. The molecule has 2 aliphatic rings. The number of nitrogens with one attached hydrogen (secondary N) is 1. The van der Waals surface area contributed by atoms with Gasteiger partial charge in [-0.25, -0.2) is 21.6 Å². The van der Waals surface area contributed by atoms with E-state index in [9.17, 15) is 30.0 Å². The van der Waals surface area contributed by atoms with E-state index < -0.39 is 37.6 Å². The summed E-state index contributed by atoms with van der Waals surface area (Å²) in [6.07, 6.45) is -2.45. The van der Waals surface area contributed by atoms with E-state index in [0.29, 0.717) is 29.8 Å². The summed E-state index contributed by atoms with van der Waals surface area (Å²) in [5, 5.41) is 5.13. The summed E-state index contributed by atoms with van der Waals surface area (Å²) in [7, 11) is -7.29. The monoisotopic (exact) mass is 542 g/mol. The van der Waals surface area contributed by atoms with Crippen molar-refractivity contribution >= 4 is 36.6 Å². The topological polar surface area (TPSA) is 101 Å². The summed E-state index contributed by atoms with van der Waals surface area (Å²) in [5.41, 5.74) is -0.175. The van der Waals surface area contributed by atoms with E-state index in [2.05, 4.69) is 9.82 Å². The van der Waals surface area contributed by atoms with Crippen LogP contribution in [0.1, 0.15) is 30.4 Å². The van der Waals surface area contributed by atoms with E-state index in [1.165, 1.54) is 41.1 Å². The van der Waals surface area contributed by atoms with Crippen LogP contribution in [0.5, 0.6) is 0 Å². The average molecular weight is 543 g/mol. The van der Waals surface area contributed by atoms with Gasteiger partial charge in [0.1, 0.15) is 0 Å². The zero-order valence-electron chi connectivity index (χ0n) is 19.2.